The predicted octanol–water partition coefficient (Wildman–Crippen LogP) is 2.88. The molecule has 0 aliphatic rings. The molecule has 0 aliphatic carbocycles. The zero-order valence-corrected chi connectivity index (χ0v) is 11.8. The third-order valence-electron chi connectivity index (χ3n) is 3.06. The fraction of sp³-hybridized carbons (Fsp3) is 0.286. The molecule has 2 aromatic rings. The van der Waals surface area contributed by atoms with Crippen molar-refractivity contribution < 1.29 is 0 Å². The molecule has 1 aromatic carbocycles. The molecule has 5 heteroatoms. The fourth-order valence-electron chi connectivity index (χ4n) is 2.09. The van der Waals surface area contributed by atoms with Crippen LogP contribution in [-0.2, 0) is 12.8 Å². The van der Waals surface area contributed by atoms with Crippen LogP contribution in [-0.4, -0.2) is 9.97 Å². The molecule has 1 aromatic heterocycles. The summed E-state index contributed by atoms with van der Waals surface area (Å²) in [6.45, 7) is 4.03. The number of halogens is 1. The number of hydrazine groups is 1. The first kappa shape index (κ1) is 13.8. The smallest absolute Gasteiger partial charge is 0.147 e. The zero-order valence-electron chi connectivity index (χ0n) is 11.1. The third-order valence-corrected chi connectivity index (χ3v) is 3.43. The lowest BCUT2D eigenvalue weighted by molar-refractivity contribution is 0.903. The number of nitrogens with zero attached hydrogens (tertiary/aromatic N) is 2. The fourth-order valence-corrected chi connectivity index (χ4v) is 2.29. The van der Waals surface area contributed by atoms with E-state index in [9.17, 15) is 0 Å². The van der Waals surface area contributed by atoms with E-state index in [0.717, 1.165) is 34.1 Å². The summed E-state index contributed by atoms with van der Waals surface area (Å²) in [5.74, 6) is 6.93. The van der Waals surface area contributed by atoms with Crippen molar-refractivity contribution in [2.75, 3.05) is 5.43 Å². The molecule has 0 radical (unpaired) electrons. The number of hydrogen-bond donors (Lipinski definition) is 2. The van der Waals surface area contributed by atoms with Crippen molar-refractivity contribution in [2.24, 2.45) is 5.84 Å². The van der Waals surface area contributed by atoms with E-state index in [0.29, 0.717) is 12.2 Å². The van der Waals surface area contributed by atoms with Crippen LogP contribution in [0.5, 0.6) is 0 Å². The van der Waals surface area contributed by atoms with Crippen LogP contribution in [0.2, 0.25) is 5.02 Å². The molecule has 0 saturated heterocycles. The van der Waals surface area contributed by atoms with Gasteiger partial charge < -0.3 is 5.43 Å². The summed E-state index contributed by atoms with van der Waals surface area (Å²) in [4.78, 5) is 8.98. The van der Waals surface area contributed by atoms with Gasteiger partial charge in [0.05, 0.1) is 0 Å². The van der Waals surface area contributed by atoms with E-state index in [1.165, 1.54) is 0 Å². The second-order valence-electron chi connectivity index (χ2n) is 4.32. The van der Waals surface area contributed by atoms with E-state index < -0.39 is 0 Å². The average molecular weight is 277 g/mol. The van der Waals surface area contributed by atoms with Crippen LogP contribution in [0.25, 0.3) is 0 Å². The van der Waals surface area contributed by atoms with Crippen molar-refractivity contribution >= 4 is 17.4 Å². The molecule has 0 amide bonds. The Hall–Kier alpha value is -1.65. The highest BCUT2D eigenvalue weighted by molar-refractivity contribution is 6.31. The number of rotatable bonds is 4. The molecule has 0 aliphatic heterocycles. The summed E-state index contributed by atoms with van der Waals surface area (Å²) in [6, 6.07) is 7.71. The molecule has 100 valence electrons. The lowest BCUT2D eigenvalue weighted by atomic mass is 10.1. The first-order chi connectivity index (χ1) is 9.15. The van der Waals surface area contributed by atoms with Crippen LogP contribution in [0.15, 0.2) is 24.3 Å². The Morgan fingerprint density at radius 3 is 2.63 bits per heavy atom. The number of nitrogens with two attached hydrogens (primary N) is 1. The van der Waals surface area contributed by atoms with Crippen LogP contribution >= 0.6 is 11.6 Å². The number of aromatic nitrogens is 2. The first-order valence-electron chi connectivity index (χ1n) is 6.22. The van der Waals surface area contributed by atoms with Gasteiger partial charge in [0, 0.05) is 22.7 Å². The third kappa shape index (κ3) is 3.03. The van der Waals surface area contributed by atoms with Gasteiger partial charge in [-0.1, -0.05) is 36.7 Å². The molecule has 1 heterocycles. The maximum atomic E-state index is 6.15. The van der Waals surface area contributed by atoms with E-state index in [1.54, 1.807) is 0 Å². The van der Waals surface area contributed by atoms with Crippen LogP contribution in [0.4, 0.5) is 5.82 Å². The van der Waals surface area contributed by atoms with Gasteiger partial charge in [-0.25, -0.2) is 15.8 Å². The minimum Gasteiger partial charge on any atom is -0.308 e. The number of hydrogen-bond acceptors (Lipinski definition) is 4. The van der Waals surface area contributed by atoms with Gasteiger partial charge in [-0.2, -0.15) is 0 Å². The average Bonchev–Trinajstić information content (AvgIpc) is 2.40. The minimum absolute atomic E-state index is 0.596. The lowest BCUT2D eigenvalue weighted by Gasteiger charge is -2.11. The Labute approximate surface area is 118 Å². The summed E-state index contributed by atoms with van der Waals surface area (Å²) < 4.78 is 0. The highest BCUT2D eigenvalue weighted by Gasteiger charge is 2.10. The van der Waals surface area contributed by atoms with Crippen molar-refractivity contribution in [3.8, 4) is 0 Å². The Balaban J connectivity index is 2.36. The molecule has 0 spiro atoms. The summed E-state index contributed by atoms with van der Waals surface area (Å²) in [7, 11) is 0. The minimum atomic E-state index is 0.596. The second kappa shape index (κ2) is 5.99. The number of nitrogen functional groups attached to an aromatic ring is 1. The van der Waals surface area contributed by atoms with Crippen molar-refractivity contribution in [3.63, 3.8) is 0 Å². The van der Waals surface area contributed by atoms with Gasteiger partial charge >= 0.3 is 0 Å². The summed E-state index contributed by atoms with van der Waals surface area (Å²) >= 11 is 6.15. The summed E-state index contributed by atoms with van der Waals surface area (Å²) in [5, 5.41) is 0.727. The van der Waals surface area contributed by atoms with Gasteiger partial charge in [0.1, 0.15) is 11.6 Å². The van der Waals surface area contributed by atoms with Gasteiger partial charge in [-0.05, 0) is 25.0 Å². The predicted molar refractivity (Wildman–Crippen MR) is 78.2 cm³/mol. The number of anilines is 1. The molecule has 0 saturated carbocycles. The Bertz CT molecular complexity index is 584. The zero-order chi connectivity index (χ0) is 13.8. The summed E-state index contributed by atoms with van der Waals surface area (Å²) in [5.41, 5.74) is 5.65. The van der Waals surface area contributed by atoms with Gasteiger partial charge in [0.15, 0.2) is 0 Å². The van der Waals surface area contributed by atoms with Crippen molar-refractivity contribution in [3.05, 3.63) is 51.9 Å². The normalized spacial score (nSPS) is 10.5. The van der Waals surface area contributed by atoms with Crippen LogP contribution < -0.4 is 11.3 Å². The van der Waals surface area contributed by atoms with Crippen molar-refractivity contribution in [2.45, 2.75) is 26.7 Å². The van der Waals surface area contributed by atoms with Gasteiger partial charge in [-0.15, -0.1) is 0 Å². The van der Waals surface area contributed by atoms with E-state index >= 15 is 0 Å². The number of benzene rings is 1. The van der Waals surface area contributed by atoms with E-state index in [1.807, 2.05) is 31.2 Å². The molecule has 19 heavy (non-hydrogen) atoms. The van der Waals surface area contributed by atoms with Crippen LogP contribution in [0.3, 0.4) is 0 Å². The Morgan fingerprint density at radius 1 is 1.26 bits per heavy atom. The van der Waals surface area contributed by atoms with E-state index in [2.05, 4.69) is 22.3 Å². The largest absolute Gasteiger partial charge is 0.308 e. The van der Waals surface area contributed by atoms with Crippen molar-refractivity contribution in [1.29, 1.82) is 0 Å². The van der Waals surface area contributed by atoms with Gasteiger partial charge in [0.25, 0.3) is 0 Å². The lowest BCUT2D eigenvalue weighted by Crippen LogP contribution is -2.14. The molecule has 0 fully saturated rings. The molecular weight excluding hydrogens is 260 g/mol. The number of nitrogens with one attached hydrogen (secondary N) is 1. The van der Waals surface area contributed by atoms with Gasteiger partial charge in [-0.3, -0.25) is 0 Å². The monoisotopic (exact) mass is 276 g/mol. The highest BCUT2D eigenvalue weighted by atomic mass is 35.5. The summed E-state index contributed by atoms with van der Waals surface area (Å²) in [6.07, 6.45) is 1.44. The molecular formula is C14H17ClN4. The topological polar surface area (TPSA) is 63.8 Å². The quantitative estimate of drug-likeness (QED) is 0.666. The van der Waals surface area contributed by atoms with E-state index in [4.69, 9.17) is 17.4 Å². The molecule has 0 atom stereocenters. The van der Waals surface area contributed by atoms with Gasteiger partial charge in [0.2, 0.25) is 0 Å². The highest BCUT2D eigenvalue weighted by Crippen LogP contribution is 2.20. The number of aryl methyl sites for hydroxylation is 1. The standard InChI is InChI=1S/C14H17ClN4/c1-3-11-9(2)17-13(18-14(11)19-16)8-10-6-4-5-7-12(10)15/h4-7H,3,8,16H2,1-2H3,(H,17,18,19). The first-order valence-corrected chi connectivity index (χ1v) is 6.60. The van der Waals surface area contributed by atoms with Crippen LogP contribution in [0, 0.1) is 6.92 Å². The van der Waals surface area contributed by atoms with Crippen LogP contribution in [0.1, 0.15) is 29.6 Å². The molecule has 0 unspecified atom stereocenters. The Kier molecular flexibility index (Phi) is 4.35. The SMILES string of the molecule is CCc1c(C)nc(Cc2ccccc2Cl)nc1NN. The maximum absolute atomic E-state index is 6.15. The molecule has 2 rings (SSSR count). The maximum Gasteiger partial charge on any atom is 0.147 e. The second-order valence-corrected chi connectivity index (χ2v) is 4.73. The molecule has 0 bridgehead atoms. The molecule has 4 nitrogen and oxygen atoms in total. The molecule has 3 N–H and O–H groups in total. The van der Waals surface area contributed by atoms with E-state index in [-0.39, 0.29) is 0 Å². The van der Waals surface area contributed by atoms with Crippen molar-refractivity contribution in [1.82, 2.24) is 9.97 Å². The Morgan fingerprint density at radius 2 is 2.00 bits per heavy atom.